The van der Waals surface area contributed by atoms with Crippen molar-refractivity contribution in [3.05, 3.63) is 51.9 Å². The predicted octanol–water partition coefficient (Wildman–Crippen LogP) is 4.27. The summed E-state index contributed by atoms with van der Waals surface area (Å²) in [4.78, 5) is 8.75. The summed E-state index contributed by atoms with van der Waals surface area (Å²) in [7, 11) is 0. The molecule has 2 aromatic rings. The molecule has 0 spiro atoms. The lowest BCUT2D eigenvalue weighted by atomic mass is 10.2. The first kappa shape index (κ1) is 12.7. The molecule has 5 heteroatoms. The van der Waals surface area contributed by atoms with Gasteiger partial charge in [-0.05, 0) is 30.5 Å². The van der Waals surface area contributed by atoms with E-state index in [9.17, 15) is 0 Å². The maximum absolute atomic E-state index is 6.02. The molecule has 3 nitrogen and oxygen atoms in total. The molecule has 0 unspecified atom stereocenters. The third-order valence-corrected chi connectivity index (χ3v) is 3.45. The Kier molecular flexibility index (Phi) is 3.58. The monoisotopic (exact) mass is 293 g/mol. The van der Waals surface area contributed by atoms with Crippen molar-refractivity contribution in [3.63, 3.8) is 0 Å². The standard InChI is InChI=1S/C14H13Cl2N3/c15-11-3-1-2-9(6-11)8-17-13-7-12(16)18-14(19-13)10-4-5-10/h1-3,6-7,10H,4-5,8H2,(H,17,18,19). The molecular weight excluding hydrogens is 281 g/mol. The van der Waals surface area contributed by atoms with Crippen LogP contribution in [0.3, 0.4) is 0 Å². The van der Waals surface area contributed by atoms with Crippen molar-refractivity contribution in [1.29, 1.82) is 0 Å². The van der Waals surface area contributed by atoms with Crippen molar-refractivity contribution in [2.75, 3.05) is 5.32 Å². The minimum atomic E-state index is 0.491. The molecule has 1 aliphatic rings. The van der Waals surface area contributed by atoms with Crippen molar-refractivity contribution < 1.29 is 0 Å². The lowest BCUT2D eigenvalue weighted by Gasteiger charge is -2.08. The summed E-state index contributed by atoms with van der Waals surface area (Å²) in [6, 6.07) is 9.49. The molecular formula is C14H13Cl2N3. The summed E-state index contributed by atoms with van der Waals surface area (Å²) < 4.78 is 0. The van der Waals surface area contributed by atoms with Gasteiger partial charge in [-0.1, -0.05) is 35.3 Å². The van der Waals surface area contributed by atoms with Gasteiger partial charge in [0.1, 0.15) is 16.8 Å². The number of aromatic nitrogens is 2. The Hall–Kier alpha value is -1.32. The minimum absolute atomic E-state index is 0.491. The molecule has 0 radical (unpaired) electrons. The molecule has 0 aliphatic heterocycles. The number of halogens is 2. The zero-order valence-electron chi connectivity index (χ0n) is 10.2. The van der Waals surface area contributed by atoms with E-state index < -0.39 is 0 Å². The minimum Gasteiger partial charge on any atom is -0.366 e. The third-order valence-electron chi connectivity index (χ3n) is 3.02. The highest BCUT2D eigenvalue weighted by Crippen LogP contribution is 2.38. The Morgan fingerprint density at radius 1 is 1.16 bits per heavy atom. The van der Waals surface area contributed by atoms with E-state index in [4.69, 9.17) is 23.2 Å². The fourth-order valence-electron chi connectivity index (χ4n) is 1.89. The lowest BCUT2D eigenvalue weighted by Crippen LogP contribution is -2.04. The molecule has 0 amide bonds. The number of anilines is 1. The second-order valence-corrected chi connectivity index (χ2v) is 5.52. The Balaban J connectivity index is 1.72. The highest BCUT2D eigenvalue weighted by atomic mass is 35.5. The van der Waals surface area contributed by atoms with Gasteiger partial charge in [0.2, 0.25) is 0 Å². The highest BCUT2D eigenvalue weighted by Gasteiger charge is 2.27. The van der Waals surface area contributed by atoms with Gasteiger partial charge in [-0.3, -0.25) is 0 Å². The third kappa shape index (κ3) is 3.37. The molecule has 0 saturated heterocycles. The van der Waals surface area contributed by atoms with Gasteiger partial charge in [0.15, 0.2) is 0 Å². The van der Waals surface area contributed by atoms with Crippen LogP contribution in [-0.2, 0) is 6.54 Å². The van der Waals surface area contributed by atoms with E-state index in [0.717, 1.165) is 35.1 Å². The van der Waals surface area contributed by atoms with Crippen molar-refractivity contribution in [2.24, 2.45) is 0 Å². The number of benzene rings is 1. The Bertz CT molecular complexity index is 597. The number of rotatable bonds is 4. The van der Waals surface area contributed by atoms with Crippen molar-refractivity contribution in [3.8, 4) is 0 Å². The summed E-state index contributed by atoms with van der Waals surface area (Å²) in [6.45, 7) is 0.665. The SMILES string of the molecule is Clc1cccc(CNc2cc(Cl)nc(C3CC3)n2)c1. The van der Waals surface area contributed by atoms with Crippen LogP contribution in [-0.4, -0.2) is 9.97 Å². The fraction of sp³-hybridized carbons (Fsp3) is 0.286. The van der Waals surface area contributed by atoms with Crippen LogP contribution in [0.2, 0.25) is 10.2 Å². The molecule has 1 heterocycles. The van der Waals surface area contributed by atoms with E-state index in [0.29, 0.717) is 17.6 Å². The zero-order chi connectivity index (χ0) is 13.2. The van der Waals surface area contributed by atoms with Gasteiger partial charge < -0.3 is 5.32 Å². The second-order valence-electron chi connectivity index (χ2n) is 4.69. The number of hydrogen-bond acceptors (Lipinski definition) is 3. The average molecular weight is 294 g/mol. The van der Waals surface area contributed by atoms with E-state index in [2.05, 4.69) is 15.3 Å². The molecule has 1 aliphatic carbocycles. The molecule has 1 N–H and O–H groups in total. The Morgan fingerprint density at radius 3 is 2.74 bits per heavy atom. The largest absolute Gasteiger partial charge is 0.366 e. The molecule has 3 rings (SSSR count). The number of hydrogen-bond donors (Lipinski definition) is 1. The normalized spacial score (nSPS) is 14.4. The van der Waals surface area contributed by atoms with Gasteiger partial charge in [-0.15, -0.1) is 0 Å². The van der Waals surface area contributed by atoms with Gasteiger partial charge in [-0.25, -0.2) is 9.97 Å². The fourth-order valence-corrected chi connectivity index (χ4v) is 2.29. The van der Waals surface area contributed by atoms with Gasteiger partial charge >= 0.3 is 0 Å². The van der Waals surface area contributed by atoms with Crippen molar-refractivity contribution in [2.45, 2.75) is 25.3 Å². The number of nitrogens with zero attached hydrogens (tertiary/aromatic N) is 2. The van der Waals surface area contributed by atoms with Crippen molar-refractivity contribution >= 4 is 29.0 Å². The zero-order valence-corrected chi connectivity index (χ0v) is 11.7. The highest BCUT2D eigenvalue weighted by molar-refractivity contribution is 6.30. The first-order chi connectivity index (χ1) is 9.20. The molecule has 0 bridgehead atoms. The van der Waals surface area contributed by atoms with Gasteiger partial charge in [0.25, 0.3) is 0 Å². The molecule has 98 valence electrons. The van der Waals surface area contributed by atoms with Crippen molar-refractivity contribution in [1.82, 2.24) is 9.97 Å². The summed E-state index contributed by atoms with van der Waals surface area (Å²) in [5.41, 5.74) is 1.11. The van der Waals surface area contributed by atoms with Crippen LogP contribution in [0, 0.1) is 0 Å². The van der Waals surface area contributed by atoms with Gasteiger partial charge in [0, 0.05) is 23.6 Å². The molecule has 1 aromatic carbocycles. The van der Waals surface area contributed by atoms with Crippen LogP contribution in [0.4, 0.5) is 5.82 Å². The first-order valence-corrected chi connectivity index (χ1v) is 6.99. The average Bonchev–Trinajstić information content (AvgIpc) is 3.20. The first-order valence-electron chi connectivity index (χ1n) is 6.23. The summed E-state index contributed by atoms with van der Waals surface area (Å²) >= 11 is 12.0. The lowest BCUT2D eigenvalue weighted by molar-refractivity contribution is 0.921. The van der Waals surface area contributed by atoms with Gasteiger partial charge in [-0.2, -0.15) is 0 Å². The Morgan fingerprint density at radius 2 is 2.00 bits per heavy atom. The van der Waals surface area contributed by atoms with E-state index in [1.54, 1.807) is 6.07 Å². The van der Waals surface area contributed by atoms with E-state index >= 15 is 0 Å². The van der Waals surface area contributed by atoms with E-state index in [1.165, 1.54) is 0 Å². The number of nitrogens with one attached hydrogen (secondary N) is 1. The summed E-state index contributed by atoms with van der Waals surface area (Å²) in [6.07, 6.45) is 2.32. The quantitative estimate of drug-likeness (QED) is 0.856. The molecule has 0 atom stereocenters. The molecule has 1 saturated carbocycles. The molecule has 1 aromatic heterocycles. The van der Waals surface area contributed by atoms with Crippen LogP contribution >= 0.6 is 23.2 Å². The smallest absolute Gasteiger partial charge is 0.135 e. The van der Waals surface area contributed by atoms with Crippen LogP contribution in [0.1, 0.15) is 30.1 Å². The van der Waals surface area contributed by atoms with Crippen LogP contribution < -0.4 is 5.32 Å². The van der Waals surface area contributed by atoms with E-state index in [-0.39, 0.29) is 0 Å². The van der Waals surface area contributed by atoms with Gasteiger partial charge in [0.05, 0.1) is 0 Å². The Labute approximate surface area is 122 Å². The topological polar surface area (TPSA) is 37.8 Å². The van der Waals surface area contributed by atoms with Crippen LogP contribution in [0.5, 0.6) is 0 Å². The predicted molar refractivity (Wildman–Crippen MR) is 77.8 cm³/mol. The maximum Gasteiger partial charge on any atom is 0.135 e. The summed E-state index contributed by atoms with van der Waals surface area (Å²) in [5.74, 6) is 2.10. The molecule has 1 fully saturated rings. The molecule has 19 heavy (non-hydrogen) atoms. The van der Waals surface area contributed by atoms with Crippen LogP contribution in [0.25, 0.3) is 0 Å². The van der Waals surface area contributed by atoms with E-state index in [1.807, 2.05) is 24.3 Å². The van der Waals surface area contributed by atoms with Crippen LogP contribution in [0.15, 0.2) is 30.3 Å². The maximum atomic E-state index is 6.02. The second kappa shape index (κ2) is 5.35. The summed E-state index contributed by atoms with van der Waals surface area (Å²) in [5, 5.41) is 4.48.